The molecule has 1 heterocycles. The van der Waals surface area contributed by atoms with Crippen LogP contribution in [0.1, 0.15) is 5.56 Å². The summed E-state index contributed by atoms with van der Waals surface area (Å²) in [6, 6.07) is 11.4. The molecule has 1 aliphatic rings. The van der Waals surface area contributed by atoms with Crippen LogP contribution in [0.4, 0.5) is 10.1 Å². The van der Waals surface area contributed by atoms with E-state index < -0.39 is 38.5 Å². The van der Waals surface area contributed by atoms with Crippen LogP contribution in [0.5, 0.6) is 0 Å². The van der Waals surface area contributed by atoms with E-state index in [1.54, 1.807) is 24.3 Å². The number of nitrogens with zero attached hydrogens (tertiary/aromatic N) is 4. The average molecular weight is 499 g/mol. The Bertz CT molecular complexity index is 1190. The smallest absolute Gasteiger partial charge is 0.304 e. The molecule has 0 N–H and O–H groups in total. The second-order valence-electron chi connectivity index (χ2n) is 7.87. The number of anilines is 1. The van der Waals surface area contributed by atoms with Crippen LogP contribution in [-0.2, 0) is 25.0 Å². The highest BCUT2D eigenvalue weighted by molar-refractivity contribution is 7.90. The van der Waals surface area contributed by atoms with E-state index in [9.17, 15) is 26.0 Å². The maximum absolute atomic E-state index is 13.3. The minimum absolute atomic E-state index is 0.0962. The van der Waals surface area contributed by atoms with Crippen LogP contribution in [0.15, 0.2) is 53.4 Å². The zero-order valence-corrected chi connectivity index (χ0v) is 20.3. The highest BCUT2D eigenvalue weighted by atomic mass is 32.2. The lowest BCUT2D eigenvalue weighted by molar-refractivity contribution is -0.130. The van der Waals surface area contributed by atoms with E-state index in [1.807, 2.05) is 6.92 Å². The topological polar surface area (TPSA) is 98.3 Å². The first-order valence-corrected chi connectivity index (χ1v) is 13.1. The molecule has 0 bridgehead atoms. The second kappa shape index (κ2) is 9.75. The molecule has 0 spiro atoms. The van der Waals surface area contributed by atoms with E-state index in [0.29, 0.717) is 0 Å². The number of rotatable bonds is 7. The fourth-order valence-corrected chi connectivity index (χ4v) is 5.85. The summed E-state index contributed by atoms with van der Waals surface area (Å²) in [5, 5.41) is 0. The molecule has 0 aliphatic carbocycles. The number of carbonyl (C=O) groups excluding carboxylic acids is 1. The molecule has 0 atom stereocenters. The molecule has 0 saturated carbocycles. The monoisotopic (exact) mass is 498 g/mol. The molecule has 3 rings (SSSR count). The van der Waals surface area contributed by atoms with Gasteiger partial charge in [-0.1, -0.05) is 17.7 Å². The van der Waals surface area contributed by atoms with Crippen LogP contribution in [0, 0.1) is 12.7 Å². The second-order valence-corrected chi connectivity index (χ2v) is 11.9. The van der Waals surface area contributed by atoms with E-state index >= 15 is 0 Å². The number of halogens is 1. The summed E-state index contributed by atoms with van der Waals surface area (Å²) in [4.78, 5) is 14.6. The van der Waals surface area contributed by atoms with Gasteiger partial charge in [0.2, 0.25) is 15.9 Å². The zero-order valence-electron chi connectivity index (χ0n) is 18.7. The molecule has 0 unspecified atom stereocenters. The molecule has 12 heteroatoms. The van der Waals surface area contributed by atoms with Crippen molar-refractivity contribution < 1.29 is 26.0 Å². The van der Waals surface area contributed by atoms with E-state index in [-0.39, 0.29) is 36.8 Å². The summed E-state index contributed by atoms with van der Waals surface area (Å²) in [5.41, 5.74) is 1.10. The molecule has 0 aromatic heterocycles. The van der Waals surface area contributed by atoms with Gasteiger partial charge in [0, 0.05) is 40.3 Å². The van der Waals surface area contributed by atoms with Crippen molar-refractivity contribution in [2.24, 2.45) is 0 Å². The quantitative estimate of drug-likeness (QED) is 0.573. The lowest BCUT2D eigenvalue weighted by atomic mass is 10.2. The fraction of sp³-hybridized carbons (Fsp3) is 0.381. The lowest BCUT2D eigenvalue weighted by Crippen LogP contribution is -2.53. The normalized spacial score (nSPS) is 15.6. The van der Waals surface area contributed by atoms with Crippen molar-refractivity contribution in [3.8, 4) is 0 Å². The number of piperazine rings is 1. The molecule has 9 nitrogen and oxygen atoms in total. The Kier molecular flexibility index (Phi) is 7.42. The molecule has 0 radical (unpaired) electrons. The third-order valence-electron chi connectivity index (χ3n) is 5.38. The van der Waals surface area contributed by atoms with Crippen LogP contribution < -0.4 is 4.31 Å². The van der Waals surface area contributed by atoms with Gasteiger partial charge in [-0.2, -0.15) is 17.0 Å². The SMILES string of the molecule is Cc1ccc(S(=O)(=O)N2CCN(C(=O)CN(c3ccc(F)cc3)S(=O)(=O)N(C)C)CC2)cc1. The van der Waals surface area contributed by atoms with Crippen LogP contribution >= 0.6 is 0 Å². The number of hydrogen-bond acceptors (Lipinski definition) is 5. The predicted octanol–water partition coefficient (Wildman–Crippen LogP) is 1.28. The molecule has 1 amide bonds. The van der Waals surface area contributed by atoms with Crippen LogP contribution in [0.2, 0.25) is 0 Å². The first-order chi connectivity index (χ1) is 15.4. The molecule has 180 valence electrons. The number of hydrogen-bond donors (Lipinski definition) is 0. The van der Waals surface area contributed by atoms with E-state index in [1.165, 1.54) is 35.4 Å². The summed E-state index contributed by atoms with van der Waals surface area (Å²) >= 11 is 0. The molecule has 2 aromatic rings. The van der Waals surface area contributed by atoms with Gasteiger partial charge in [0.25, 0.3) is 0 Å². The molecule has 2 aromatic carbocycles. The standard InChI is InChI=1S/C21H27FN4O5S2/c1-17-4-10-20(11-5-17)32(28,29)25-14-12-24(13-15-25)21(27)16-26(33(30,31)23(2)3)19-8-6-18(22)7-9-19/h4-11H,12-16H2,1-3H3. The Hall–Kier alpha value is -2.54. The number of amides is 1. The fourth-order valence-electron chi connectivity index (χ4n) is 3.37. The number of sulfonamides is 1. The molecule has 1 saturated heterocycles. The molecule has 1 fully saturated rings. The van der Waals surface area contributed by atoms with Crippen molar-refractivity contribution in [3.63, 3.8) is 0 Å². The Balaban J connectivity index is 1.72. The maximum Gasteiger partial charge on any atom is 0.304 e. The predicted molar refractivity (Wildman–Crippen MR) is 123 cm³/mol. The van der Waals surface area contributed by atoms with Crippen LogP contribution in [0.3, 0.4) is 0 Å². The van der Waals surface area contributed by atoms with E-state index in [0.717, 1.165) is 26.3 Å². The van der Waals surface area contributed by atoms with Crippen LogP contribution in [0.25, 0.3) is 0 Å². The van der Waals surface area contributed by atoms with Crippen molar-refractivity contribution in [1.82, 2.24) is 13.5 Å². The van der Waals surface area contributed by atoms with Gasteiger partial charge in [-0.05, 0) is 43.3 Å². The van der Waals surface area contributed by atoms with Gasteiger partial charge in [-0.3, -0.25) is 4.79 Å². The van der Waals surface area contributed by atoms with Crippen molar-refractivity contribution in [2.45, 2.75) is 11.8 Å². The highest BCUT2D eigenvalue weighted by Gasteiger charge is 2.33. The average Bonchev–Trinajstić information content (AvgIpc) is 2.78. The van der Waals surface area contributed by atoms with Gasteiger partial charge in [0.1, 0.15) is 12.4 Å². The summed E-state index contributed by atoms with van der Waals surface area (Å²) < 4.78 is 67.9. The first kappa shape index (κ1) is 25.1. The van der Waals surface area contributed by atoms with Gasteiger partial charge in [0.05, 0.1) is 10.6 Å². The molecular weight excluding hydrogens is 471 g/mol. The summed E-state index contributed by atoms with van der Waals surface area (Å²) in [5.74, 6) is -1.00. The largest absolute Gasteiger partial charge is 0.338 e. The Labute approximate surface area is 194 Å². The van der Waals surface area contributed by atoms with Crippen molar-refractivity contribution in [2.75, 3.05) is 51.1 Å². The number of carbonyl (C=O) groups is 1. The van der Waals surface area contributed by atoms with Gasteiger partial charge in [0.15, 0.2) is 0 Å². The highest BCUT2D eigenvalue weighted by Crippen LogP contribution is 2.22. The van der Waals surface area contributed by atoms with Gasteiger partial charge in [-0.15, -0.1) is 0 Å². The van der Waals surface area contributed by atoms with Gasteiger partial charge < -0.3 is 4.90 Å². The maximum atomic E-state index is 13.3. The lowest BCUT2D eigenvalue weighted by Gasteiger charge is -2.35. The number of aryl methyl sites for hydroxylation is 1. The Morgan fingerprint density at radius 2 is 1.45 bits per heavy atom. The van der Waals surface area contributed by atoms with Gasteiger partial charge in [-0.25, -0.2) is 17.1 Å². The molecular formula is C21H27FN4O5S2. The molecule has 33 heavy (non-hydrogen) atoms. The zero-order chi connectivity index (χ0) is 24.4. The summed E-state index contributed by atoms with van der Waals surface area (Å²) in [7, 11) is -5.03. The van der Waals surface area contributed by atoms with E-state index in [4.69, 9.17) is 0 Å². The minimum atomic E-state index is -4.02. The third-order valence-corrected chi connectivity index (χ3v) is 9.12. The Morgan fingerprint density at radius 1 is 0.909 bits per heavy atom. The van der Waals surface area contributed by atoms with Gasteiger partial charge >= 0.3 is 10.2 Å². The van der Waals surface area contributed by atoms with Crippen molar-refractivity contribution in [1.29, 1.82) is 0 Å². The van der Waals surface area contributed by atoms with Crippen molar-refractivity contribution >= 4 is 31.8 Å². The third kappa shape index (κ3) is 5.52. The van der Waals surface area contributed by atoms with E-state index in [2.05, 4.69) is 0 Å². The van der Waals surface area contributed by atoms with Crippen LogP contribution in [-0.4, -0.2) is 83.1 Å². The Morgan fingerprint density at radius 3 is 1.97 bits per heavy atom. The first-order valence-electron chi connectivity index (χ1n) is 10.2. The minimum Gasteiger partial charge on any atom is -0.338 e. The number of benzene rings is 2. The van der Waals surface area contributed by atoms with Crippen molar-refractivity contribution in [3.05, 3.63) is 59.9 Å². The summed E-state index contributed by atoms with van der Waals surface area (Å²) in [6.45, 7) is 1.83. The summed E-state index contributed by atoms with van der Waals surface area (Å²) in [6.07, 6.45) is 0. The molecule has 1 aliphatic heterocycles.